The minimum Gasteiger partial charge on any atom is -0.314 e. The van der Waals surface area contributed by atoms with Crippen LogP contribution in [-0.2, 0) is 0 Å². The first-order valence-electron chi connectivity index (χ1n) is 7.53. The van der Waals surface area contributed by atoms with Crippen LogP contribution in [0.2, 0.25) is 0 Å². The topological polar surface area (TPSA) is 15.3 Å². The Morgan fingerprint density at radius 3 is 2.76 bits per heavy atom. The molecule has 0 radical (unpaired) electrons. The van der Waals surface area contributed by atoms with Crippen molar-refractivity contribution in [1.82, 2.24) is 10.2 Å². The molecule has 1 saturated heterocycles. The Bertz CT molecular complexity index is 241. The molecular weight excluding hydrogens is 208 g/mol. The predicted molar refractivity (Wildman–Crippen MR) is 74.3 cm³/mol. The number of hydrogen-bond acceptors (Lipinski definition) is 2. The fourth-order valence-corrected chi connectivity index (χ4v) is 3.08. The first-order chi connectivity index (χ1) is 8.40. The van der Waals surface area contributed by atoms with Crippen LogP contribution in [-0.4, -0.2) is 37.1 Å². The lowest BCUT2D eigenvalue weighted by Gasteiger charge is -2.36. The second kappa shape index (κ2) is 7.17. The van der Waals surface area contributed by atoms with Crippen molar-refractivity contribution in [3.63, 3.8) is 0 Å². The monoisotopic (exact) mass is 236 g/mol. The summed E-state index contributed by atoms with van der Waals surface area (Å²) in [5.41, 5.74) is 1.74. The van der Waals surface area contributed by atoms with Crippen molar-refractivity contribution >= 4 is 0 Å². The van der Waals surface area contributed by atoms with E-state index < -0.39 is 0 Å². The van der Waals surface area contributed by atoms with Gasteiger partial charge in [0, 0.05) is 32.2 Å². The Kier molecular flexibility index (Phi) is 5.53. The highest BCUT2D eigenvalue weighted by molar-refractivity contribution is 5.08. The van der Waals surface area contributed by atoms with Crippen LogP contribution in [0.25, 0.3) is 0 Å². The van der Waals surface area contributed by atoms with E-state index in [1.807, 2.05) is 0 Å². The van der Waals surface area contributed by atoms with Crippen LogP contribution in [0.1, 0.15) is 51.9 Å². The molecule has 0 aromatic carbocycles. The minimum absolute atomic E-state index is 0.840. The molecule has 0 aromatic rings. The Morgan fingerprint density at radius 2 is 2.12 bits per heavy atom. The number of rotatable bonds is 5. The Balaban J connectivity index is 1.71. The smallest absolute Gasteiger partial charge is 0.0134 e. The number of allylic oxidation sites excluding steroid dienone is 1. The minimum atomic E-state index is 0.840. The Morgan fingerprint density at radius 1 is 1.29 bits per heavy atom. The summed E-state index contributed by atoms with van der Waals surface area (Å²) in [7, 11) is 0. The van der Waals surface area contributed by atoms with E-state index in [9.17, 15) is 0 Å². The molecule has 2 rings (SSSR count). The van der Waals surface area contributed by atoms with E-state index in [0.717, 1.165) is 6.04 Å². The third-order valence-electron chi connectivity index (χ3n) is 4.25. The molecule has 0 saturated carbocycles. The molecule has 1 aliphatic heterocycles. The summed E-state index contributed by atoms with van der Waals surface area (Å²) in [5, 5.41) is 3.44. The van der Waals surface area contributed by atoms with Gasteiger partial charge in [-0.05, 0) is 32.1 Å². The highest BCUT2D eigenvalue weighted by Gasteiger charge is 2.22. The van der Waals surface area contributed by atoms with E-state index in [0.29, 0.717) is 0 Å². The van der Waals surface area contributed by atoms with Crippen molar-refractivity contribution in [2.75, 3.05) is 26.2 Å². The number of nitrogens with one attached hydrogen (secondary N) is 1. The third kappa shape index (κ3) is 4.11. The van der Waals surface area contributed by atoms with Crippen LogP contribution in [0.5, 0.6) is 0 Å². The van der Waals surface area contributed by atoms with Crippen molar-refractivity contribution in [2.24, 2.45) is 0 Å². The van der Waals surface area contributed by atoms with E-state index in [1.165, 1.54) is 71.1 Å². The van der Waals surface area contributed by atoms with Crippen LogP contribution >= 0.6 is 0 Å². The largest absolute Gasteiger partial charge is 0.314 e. The first-order valence-corrected chi connectivity index (χ1v) is 7.53. The highest BCUT2D eigenvalue weighted by atomic mass is 15.2. The Hall–Kier alpha value is -0.340. The van der Waals surface area contributed by atoms with E-state index in [1.54, 1.807) is 5.57 Å². The maximum atomic E-state index is 3.44. The molecule has 0 aromatic heterocycles. The molecule has 98 valence electrons. The molecule has 2 heteroatoms. The molecule has 1 unspecified atom stereocenters. The molecule has 17 heavy (non-hydrogen) atoms. The average Bonchev–Trinajstić information content (AvgIpc) is 2.41. The standard InChI is InChI=1S/C15H28N2/c1-2-3-4-5-14-6-8-15(9-7-14)17-12-10-16-11-13-17/h6,15-16H,2-5,7-13H2,1H3. The van der Waals surface area contributed by atoms with E-state index in [4.69, 9.17) is 0 Å². The molecule has 1 N–H and O–H groups in total. The van der Waals surface area contributed by atoms with Gasteiger partial charge in [-0.15, -0.1) is 0 Å². The second-order valence-corrected chi connectivity index (χ2v) is 5.53. The second-order valence-electron chi connectivity index (χ2n) is 5.53. The van der Waals surface area contributed by atoms with Crippen LogP contribution in [0.15, 0.2) is 11.6 Å². The maximum Gasteiger partial charge on any atom is 0.0134 e. The SMILES string of the molecule is CCCCCC1=CCC(N2CCNCC2)CC1. The quantitative estimate of drug-likeness (QED) is 0.583. The molecule has 0 spiro atoms. The molecule has 1 aliphatic carbocycles. The fraction of sp³-hybridized carbons (Fsp3) is 0.867. The molecule has 2 nitrogen and oxygen atoms in total. The molecular formula is C15H28N2. The van der Waals surface area contributed by atoms with E-state index in [2.05, 4.69) is 23.2 Å². The van der Waals surface area contributed by atoms with E-state index >= 15 is 0 Å². The van der Waals surface area contributed by atoms with Gasteiger partial charge >= 0.3 is 0 Å². The summed E-state index contributed by atoms with van der Waals surface area (Å²) >= 11 is 0. The third-order valence-corrected chi connectivity index (χ3v) is 4.25. The predicted octanol–water partition coefficient (Wildman–Crippen LogP) is 2.95. The summed E-state index contributed by atoms with van der Waals surface area (Å²) in [4.78, 5) is 2.69. The Labute approximate surface area is 106 Å². The van der Waals surface area contributed by atoms with Gasteiger partial charge in [0.25, 0.3) is 0 Å². The lowest BCUT2D eigenvalue weighted by Crippen LogP contribution is -2.48. The van der Waals surface area contributed by atoms with Crippen molar-refractivity contribution < 1.29 is 0 Å². The first kappa shape index (κ1) is 13.1. The van der Waals surface area contributed by atoms with E-state index in [-0.39, 0.29) is 0 Å². The number of hydrogen-bond donors (Lipinski definition) is 1. The summed E-state index contributed by atoms with van der Waals surface area (Å²) in [6, 6.07) is 0.840. The molecule has 1 atom stereocenters. The van der Waals surface area contributed by atoms with Gasteiger partial charge in [-0.3, -0.25) is 4.90 Å². The normalized spacial score (nSPS) is 26.9. The number of unbranched alkanes of at least 4 members (excludes halogenated alkanes) is 2. The maximum absolute atomic E-state index is 3.44. The van der Waals surface area contributed by atoms with Crippen LogP contribution in [0.4, 0.5) is 0 Å². The van der Waals surface area contributed by atoms with Gasteiger partial charge in [-0.2, -0.15) is 0 Å². The van der Waals surface area contributed by atoms with Gasteiger partial charge in [0.1, 0.15) is 0 Å². The summed E-state index contributed by atoms with van der Waals surface area (Å²) in [5.74, 6) is 0. The number of piperazine rings is 1. The zero-order valence-electron chi connectivity index (χ0n) is 11.4. The average molecular weight is 236 g/mol. The molecule has 1 fully saturated rings. The summed E-state index contributed by atoms with van der Waals surface area (Å²) in [6.45, 7) is 7.16. The number of nitrogens with zero attached hydrogens (tertiary/aromatic N) is 1. The zero-order valence-corrected chi connectivity index (χ0v) is 11.4. The van der Waals surface area contributed by atoms with Crippen LogP contribution in [0, 0.1) is 0 Å². The summed E-state index contributed by atoms with van der Waals surface area (Å²) < 4.78 is 0. The zero-order chi connectivity index (χ0) is 11.9. The van der Waals surface area contributed by atoms with Gasteiger partial charge in [0.05, 0.1) is 0 Å². The van der Waals surface area contributed by atoms with Gasteiger partial charge in [-0.25, -0.2) is 0 Å². The van der Waals surface area contributed by atoms with Gasteiger partial charge in [0.15, 0.2) is 0 Å². The molecule has 2 aliphatic rings. The lowest BCUT2D eigenvalue weighted by atomic mass is 9.91. The lowest BCUT2D eigenvalue weighted by molar-refractivity contribution is 0.161. The molecule has 1 heterocycles. The van der Waals surface area contributed by atoms with Crippen LogP contribution in [0.3, 0.4) is 0 Å². The molecule has 0 bridgehead atoms. The van der Waals surface area contributed by atoms with Gasteiger partial charge in [0.2, 0.25) is 0 Å². The van der Waals surface area contributed by atoms with Gasteiger partial charge in [-0.1, -0.05) is 31.4 Å². The van der Waals surface area contributed by atoms with Crippen molar-refractivity contribution in [3.05, 3.63) is 11.6 Å². The van der Waals surface area contributed by atoms with Crippen molar-refractivity contribution in [1.29, 1.82) is 0 Å². The van der Waals surface area contributed by atoms with Crippen molar-refractivity contribution in [2.45, 2.75) is 57.9 Å². The molecule has 0 amide bonds. The van der Waals surface area contributed by atoms with Crippen molar-refractivity contribution in [3.8, 4) is 0 Å². The summed E-state index contributed by atoms with van der Waals surface area (Å²) in [6.07, 6.45) is 12.1. The highest BCUT2D eigenvalue weighted by Crippen LogP contribution is 2.26. The fourth-order valence-electron chi connectivity index (χ4n) is 3.08. The van der Waals surface area contributed by atoms with Crippen LogP contribution < -0.4 is 5.32 Å². The van der Waals surface area contributed by atoms with Gasteiger partial charge < -0.3 is 5.32 Å².